The molecule has 0 nitrogen and oxygen atoms in total. The third-order valence-corrected chi connectivity index (χ3v) is 1.39. The summed E-state index contributed by atoms with van der Waals surface area (Å²) < 4.78 is 1.10. The summed E-state index contributed by atoms with van der Waals surface area (Å²) in [6.45, 7) is 10.5. The summed E-state index contributed by atoms with van der Waals surface area (Å²) in [6.07, 6.45) is 5.36. The summed E-state index contributed by atoms with van der Waals surface area (Å²) in [4.78, 5) is 0. The molecule has 0 heterocycles. The summed E-state index contributed by atoms with van der Waals surface area (Å²) >= 11 is 2.21. The minimum Gasteiger partial charge on any atom is -0.0856 e. The van der Waals surface area contributed by atoms with Crippen LogP contribution >= 0.6 is 22.6 Å². The molecule has 0 fully saturated rings. The van der Waals surface area contributed by atoms with Gasteiger partial charge in [-0.1, -0.05) is 39.5 Å². The third kappa shape index (κ3) is 8.21. The highest BCUT2D eigenvalue weighted by Crippen LogP contribution is 2.19. The molecule has 0 aliphatic rings. The van der Waals surface area contributed by atoms with Crippen LogP contribution in [0.4, 0.5) is 0 Å². The van der Waals surface area contributed by atoms with E-state index >= 15 is 0 Å². The van der Waals surface area contributed by atoms with Crippen LogP contribution in [0.25, 0.3) is 0 Å². The van der Waals surface area contributed by atoms with Crippen molar-refractivity contribution in [2.24, 2.45) is 5.41 Å². The van der Waals surface area contributed by atoms with Gasteiger partial charge in [-0.25, -0.2) is 0 Å². The average molecular weight is 250 g/mol. The molecule has 0 atom stereocenters. The van der Waals surface area contributed by atoms with Crippen LogP contribution in [0.1, 0.15) is 27.2 Å². The molecular weight excluding hydrogens is 235 g/mol. The first kappa shape index (κ1) is 10.2. The fourth-order valence-electron chi connectivity index (χ4n) is 0.540. The quantitative estimate of drug-likeness (QED) is 0.514. The van der Waals surface area contributed by atoms with Crippen molar-refractivity contribution < 1.29 is 0 Å². The van der Waals surface area contributed by atoms with Gasteiger partial charge < -0.3 is 0 Å². The van der Waals surface area contributed by atoms with E-state index in [0.717, 1.165) is 10.0 Å². The van der Waals surface area contributed by atoms with Crippen LogP contribution in [0.15, 0.2) is 22.3 Å². The van der Waals surface area contributed by atoms with Crippen LogP contribution in [0, 0.1) is 5.41 Å². The van der Waals surface area contributed by atoms with Crippen molar-refractivity contribution in [3.05, 3.63) is 22.3 Å². The maximum absolute atomic E-state index is 3.77. The zero-order chi connectivity index (χ0) is 8.20. The molecule has 0 aliphatic carbocycles. The Bertz CT molecular complexity index is 137. The Labute approximate surface area is 77.5 Å². The first-order valence-corrected chi connectivity index (χ1v) is 4.51. The van der Waals surface area contributed by atoms with Gasteiger partial charge in [-0.3, -0.25) is 0 Å². The van der Waals surface area contributed by atoms with Crippen LogP contribution in [0.5, 0.6) is 0 Å². The molecule has 0 rings (SSSR count). The van der Waals surface area contributed by atoms with Crippen molar-refractivity contribution in [2.75, 3.05) is 0 Å². The predicted octanol–water partition coefficient (Wildman–Crippen LogP) is 3.93. The Morgan fingerprint density at radius 2 is 2.00 bits per heavy atom. The molecule has 0 aliphatic heterocycles. The van der Waals surface area contributed by atoms with Crippen LogP contribution in [-0.2, 0) is 0 Å². The number of halogens is 1. The first-order chi connectivity index (χ1) is 4.42. The number of rotatable bonds is 2. The lowest BCUT2D eigenvalue weighted by Gasteiger charge is -2.14. The van der Waals surface area contributed by atoms with Crippen molar-refractivity contribution >= 4 is 22.6 Å². The molecule has 0 aromatic carbocycles. The first-order valence-electron chi connectivity index (χ1n) is 3.43. The predicted molar refractivity (Wildman–Crippen MR) is 56.4 cm³/mol. The molecule has 0 aromatic heterocycles. The van der Waals surface area contributed by atoms with Gasteiger partial charge in [-0.15, -0.1) is 0 Å². The molecule has 0 unspecified atom stereocenters. The van der Waals surface area contributed by atoms with E-state index < -0.39 is 0 Å². The minimum atomic E-state index is 0.405. The second-order valence-corrected chi connectivity index (χ2v) is 5.00. The van der Waals surface area contributed by atoms with Gasteiger partial charge >= 0.3 is 0 Å². The summed E-state index contributed by atoms with van der Waals surface area (Å²) in [6, 6.07) is 0. The Morgan fingerprint density at radius 3 is 2.30 bits per heavy atom. The molecule has 58 valence electrons. The molecule has 0 N–H and O–H groups in total. The smallest absolute Gasteiger partial charge is 0.00548 e. The highest BCUT2D eigenvalue weighted by Gasteiger charge is 2.05. The van der Waals surface area contributed by atoms with Crippen LogP contribution < -0.4 is 0 Å². The van der Waals surface area contributed by atoms with Gasteiger partial charge in [-0.2, -0.15) is 0 Å². The van der Waals surface area contributed by atoms with E-state index in [2.05, 4.69) is 62.1 Å². The van der Waals surface area contributed by atoms with Gasteiger partial charge in [0.15, 0.2) is 0 Å². The molecular formula is C9H15I. The molecule has 0 amide bonds. The topological polar surface area (TPSA) is 0 Å². The summed E-state index contributed by atoms with van der Waals surface area (Å²) in [5, 5.41) is 0. The Balaban J connectivity index is 3.64. The largest absolute Gasteiger partial charge is 0.0856 e. The fraction of sp³-hybridized carbons (Fsp3) is 0.556. The second-order valence-electron chi connectivity index (χ2n) is 3.61. The normalized spacial score (nSPS) is 12.4. The number of hydrogen-bond acceptors (Lipinski definition) is 0. The van der Waals surface area contributed by atoms with E-state index in [1.807, 2.05) is 0 Å². The van der Waals surface area contributed by atoms with Gasteiger partial charge in [0.05, 0.1) is 0 Å². The Hall–Kier alpha value is 0.210. The Morgan fingerprint density at radius 1 is 1.50 bits per heavy atom. The highest BCUT2D eigenvalue weighted by atomic mass is 127. The number of allylic oxidation sites excluding steroid dienone is 3. The van der Waals surface area contributed by atoms with Gasteiger partial charge in [-0.05, 0) is 34.4 Å². The molecule has 1 heteroatoms. The van der Waals surface area contributed by atoms with E-state index in [4.69, 9.17) is 0 Å². The van der Waals surface area contributed by atoms with Crippen molar-refractivity contribution in [3.63, 3.8) is 0 Å². The summed E-state index contributed by atoms with van der Waals surface area (Å²) in [5.41, 5.74) is 0.405. The molecule has 0 spiro atoms. The monoisotopic (exact) mass is 250 g/mol. The zero-order valence-corrected chi connectivity index (χ0v) is 9.10. The maximum Gasteiger partial charge on any atom is 0.00548 e. The van der Waals surface area contributed by atoms with Crippen LogP contribution in [0.3, 0.4) is 0 Å². The van der Waals surface area contributed by atoms with Gasteiger partial charge in [0.1, 0.15) is 0 Å². The molecule has 0 saturated carbocycles. The number of hydrogen-bond donors (Lipinski definition) is 0. The highest BCUT2D eigenvalue weighted by molar-refractivity contribution is 14.1. The second kappa shape index (κ2) is 4.16. The maximum atomic E-state index is 3.77. The van der Waals surface area contributed by atoms with E-state index in [1.54, 1.807) is 0 Å². The van der Waals surface area contributed by atoms with E-state index in [1.165, 1.54) is 0 Å². The van der Waals surface area contributed by atoms with Crippen LogP contribution in [0.2, 0.25) is 0 Å². The molecule has 10 heavy (non-hydrogen) atoms. The Kier molecular flexibility index (Phi) is 4.25. The average Bonchev–Trinajstić information content (AvgIpc) is 1.59. The van der Waals surface area contributed by atoms with Crippen molar-refractivity contribution in [1.82, 2.24) is 0 Å². The lowest BCUT2D eigenvalue weighted by atomic mass is 9.92. The minimum absolute atomic E-state index is 0.405. The third-order valence-electron chi connectivity index (χ3n) is 1.03. The SMILES string of the molecule is C=C(I)/C=C/CC(C)(C)C. The standard InChI is InChI=1S/C9H15I/c1-8(10)6-5-7-9(2,3)4/h5-6H,1,7H2,2-4H3/b6-5+. The summed E-state index contributed by atoms with van der Waals surface area (Å²) in [7, 11) is 0. The fourth-order valence-corrected chi connectivity index (χ4v) is 0.795. The van der Waals surface area contributed by atoms with Gasteiger partial charge in [0, 0.05) is 3.58 Å². The van der Waals surface area contributed by atoms with Crippen molar-refractivity contribution in [1.29, 1.82) is 0 Å². The van der Waals surface area contributed by atoms with E-state index in [-0.39, 0.29) is 0 Å². The zero-order valence-electron chi connectivity index (χ0n) is 6.95. The lowest BCUT2D eigenvalue weighted by Crippen LogP contribution is -2.01. The molecule has 0 saturated heterocycles. The van der Waals surface area contributed by atoms with Gasteiger partial charge in [0.25, 0.3) is 0 Å². The van der Waals surface area contributed by atoms with Crippen molar-refractivity contribution in [2.45, 2.75) is 27.2 Å². The van der Waals surface area contributed by atoms with Crippen molar-refractivity contribution in [3.8, 4) is 0 Å². The van der Waals surface area contributed by atoms with E-state index in [0.29, 0.717) is 5.41 Å². The molecule has 0 aromatic rings. The van der Waals surface area contributed by atoms with Gasteiger partial charge in [0.2, 0.25) is 0 Å². The van der Waals surface area contributed by atoms with E-state index in [9.17, 15) is 0 Å². The lowest BCUT2D eigenvalue weighted by molar-refractivity contribution is 0.420. The summed E-state index contributed by atoms with van der Waals surface area (Å²) in [5.74, 6) is 0. The van der Waals surface area contributed by atoms with Crippen LogP contribution in [-0.4, -0.2) is 0 Å². The molecule has 0 bridgehead atoms. The molecule has 0 radical (unpaired) electrons.